The summed E-state index contributed by atoms with van der Waals surface area (Å²) in [7, 11) is 0. The zero-order chi connectivity index (χ0) is 18.7. The lowest BCUT2D eigenvalue weighted by atomic mass is 9.95. The second-order valence-corrected chi connectivity index (χ2v) is 6.65. The van der Waals surface area contributed by atoms with Gasteiger partial charge in [0.1, 0.15) is 0 Å². The van der Waals surface area contributed by atoms with Gasteiger partial charge < -0.3 is 10.2 Å². The van der Waals surface area contributed by atoms with Crippen LogP contribution in [0.25, 0.3) is 5.69 Å². The molecule has 1 aromatic carbocycles. The highest BCUT2D eigenvalue weighted by molar-refractivity contribution is 5.95. The van der Waals surface area contributed by atoms with Crippen LogP contribution in [0.4, 0.5) is 5.69 Å². The quantitative estimate of drug-likeness (QED) is 0.861. The molecule has 6 heteroatoms. The zero-order valence-electron chi connectivity index (χ0n) is 15.2. The molecule has 1 N–H and O–H groups in total. The molecule has 1 fully saturated rings. The minimum atomic E-state index is -0.0997. The molecule has 1 saturated heterocycles. The molecule has 0 aliphatic carbocycles. The average Bonchev–Trinajstić information content (AvgIpc) is 2.99. The van der Waals surface area contributed by atoms with E-state index in [9.17, 15) is 9.59 Å². The summed E-state index contributed by atoms with van der Waals surface area (Å²) in [4.78, 5) is 26.1. The molecule has 0 radical (unpaired) electrons. The number of amides is 2. The Hall–Kier alpha value is -2.89. The number of carbonyl (C=O) groups excluding carboxylic acids is 2. The van der Waals surface area contributed by atoms with Crippen LogP contribution in [0.15, 0.2) is 43.0 Å². The van der Waals surface area contributed by atoms with Crippen LogP contribution < -0.4 is 5.32 Å². The van der Waals surface area contributed by atoms with E-state index in [1.807, 2.05) is 48.9 Å². The van der Waals surface area contributed by atoms with Gasteiger partial charge in [0.05, 0.1) is 17.1 Å². The number of benzene rings is 1. The summed E-state index contributed by atoms with van der Waals surface area (Å²) < 4.78 is 1.84. The first kappa shape index (κ1) is 17.9. The first-order valence-corrected chi connectivity index (χ1v) is 8.84. The molecule has 1 aromatic heterocycles. The van der Waals surface area contributed by atoms with E-state index in [1.165, 1.54) is 6.08 Å². The summed E-state index contributed by atoms with van der Waals surface area (Å²) in [6, 6.07) is 9.67. The molecule has 2 aromatic rings. The Bertz CT molecular complexity index is 832. The van der Waals surface area contributed by atoms with Crippen molar-refractivity contribution in [1.82, 2.24) is 14.7 Å². The highest BCUT2D eigenvalue weighted by Crippen LogP contribution is 2.24. The minimum Gasteiger partial charge on any atom is -0.339 e. The Morgan fingerprint density at radius 2 is 1.92 bits per heavy atom. The average molecular weight is 352 g/mol. The largest absolute Gasteiger partial charge is 0.339 e. The predicted octanol–water partition coefficient (Wildman–Crippen LogP) is 2.85. The summed E-state index contributed by atoms with van der Waals surface area (Å²) in [6.07, 6.45) is 2.64. The van der Waals surface area contributed by atoms with Gasteiger partial charge in [-0.05, 0) is 51.0 Å². The molecule has 0 unspecified atom stereocenters. The van der Waals surface area contributed by atoms with Crippen molar-refractivity contribution in [3.05, 3.63) is 54.4 Å². The van der Waals surface area contributed by atoms with Gasteiger partial charge in [-0.2, -0.15) is 5.10 Å². The molecule has 0 spiro atoms. The number of nitrogens with zero attached hydrogens (tertiary/aromatic N) is 3. The van der Waals surface area contributed by atoms with Gasteiger partial charge in [-0.1, -0.05) is 18.7 Å². The van der Waals surface area contributed by atoms with Crippen LogP contribution in [0.1, 0.15) is 24.2 Å². The van der Waals surface area contributed by atoms with Crippen LogP contribution in [0, 0.1) is 19.8 Å². The van der Waals surface area contributed by atoms with E-state index in [4.69, 9.17) is 0 Å². The molecule has 0 saturated carbocycles. The molecule has 3 rings (SSSR count). The first-order valence-electron chi connectivity index (χ1n) is 8.84. The van der Waals surface area contributed by atoms with Crippen molar-refractivity contribution in [2.24, 2.45) is 5.92 Å². The van der Waals surface area contributed by atoms with Gasteiger partial charge in [-0.25, -0.2) is 4.68 Å². The van der Waals surface area contributed by atoms with Gasteiger partial charge in [0.2, 0.25) is 11.8 Å². The van der Waals surface area contributed by atoms with Crippen molar-refractivity contribution in [2.75, 3.05) is 18.4 Å². The third-order valence-electron chi connectivity index (χ3n) is 4.75. The van der Waals surface area contributed by atoms with E-state index >= 15 is 0 Å². The number of hydrogen-bond acceptors (Lipinski definition) is 3. The fraction of sp³-hybridized carbons (Fsp3) is 0.350. The summed E-state index contributed by atoms with van der Waals surface area (Å²) in [5.74, 6) is -0.180. The molecular formula is C20H24N4O2. The number of aromatic nitrogens is 2. The number of likely N-dealkylation sites (tertiary alicyclic amines) is 1. The maximum atomic E-state index is 12.7. The molecule has 0 atom stereocenters. The van der Waals surface area contributed by atoms with Crippen LogP contribution in [-0.4, -0.2) is 39.6 Å². The fourth-order valence-electron chi connectivity index (χ4n) is 3.36. The summed E-state index contributed by atoms with van der Waals surface area (Å²) in [5.41, 5.74) is 3.54. The van der Waals surface area contributed by atoms with Crippen molar-refractivity contribution in [2.45, 2.75) is 26.7 Å². The molecular weight excluding hydrogens is 328 g/mol. The van der Waals surface area contributed by atoms with Crippen LogP contribution >= 0.6 is 0 Å². The maximum absolute atomic E-state index is 12.7. The van der Waals surface area contributed by atoms with Crippen molar-refractivity contribution in [1.29, 1.82) is 0 Å². The van der Waals surface area contributed by atoms with Gasteiger partial charge in [0.15, 0.2) is 0 Å². The molecule has 2 amide bonds. The van der Waals surface area contributed by atoms with E-state index in [-0.39, 0.29) is 17.7 Å². The number of aryl methyl sites for hydroxylation is 2. The number of carbonyl (C=O) groups is 2. The highest BCUT2D eigenvalue weighted by Gasteiger charge is 2.27. The summed E-state index contributed by atoms with van der Waals surface area (Å²) in [5, 5.41) is 7.56. The molecule has 1 aliphatic heterocycles. The Morgan fingerprint density at radius 3 is 2.54 bits per heavy atom. The summed E-state index contributed by atoms with van der Waals surface area (Å²) in [6.45, 7) is 8.62. The third-order valence-corrected chi connectivity index (χ3v) is 4.75. The fourth-order valence-corrected chi connectivity index (χ4v) is 3.36. The monoisotopic (exact) mass is 352 g/mol. The van der Waals surface area contributed by atoms with E-state index in [0.717, 1.165) is 22.8 Å². The first-order chi connectivity index (χ1) is 12.5. The second-order valence-electron chi connectivity index (χ2n) is 6.65. The number of anilines is 1. The molecule has 2 heterocycles. The normalized spacial score (nSPS) is 14.9. The van der Waals surface area contributed by atoms with Crippen LogP contribution in [0.3, 0.4) is 0 Å². The van der Waals surface area contributed by atoms with Crippen molar-refractivity contribution in [3.8, 4) is 5.69 Å². The Balaban J connectivity index is 1.72. The van der Waals surface area contributed by atoms with Gasteiger partial charge in [0, 0.05) is 24.7 Å². The van der Waals surface area contributed by atoms with Crippen molar-refractivity contribution >= 4 is 17.5 Å². The lowest BCUT2D eigenvalue weighted by molar-refractivity contribution is -0.130. The molecule has 0 bridgehead atoms. The topological polar surface area (TPSA) is 67.2 Å². The highest BCUT2D eigenvalue weighted by atomic mass is 16.2. The molecule has 6 nitrogen and oxygen atoms in total. The van der Waals surface area contributed by atoms with Crippen LogP contribution in [0.5, 0.6) is 0 Å². The van der Waals surface area contributed by atoms with Crippen LogP contribution in [-0.2, 0) is 9.59 Å². The SMILES string of the molecule is C=CC(=O)N1CCC(C(=O)Nc2ccccc2-n2nc(C)cc2C)CC1. The third kappa shape index (κ3) is 3.69. The van der Waals surface area contributed by atoms with Gasteiger partial charge in [0.25, 0.3) is 0 Å². The lowest BCUT2D eigenvalue weighted by Crippen LogP contribution is -2.40. The summed E-state index contributed by atoms with van der Waals surface area (Å²) >= 11 is 0. The Morgan fingerprint density at radius 1 is 1.23 bits per heavy atom. The maximum Gasteiger partial charge on any atom is 0.245 e. The van der Waals surface area contributed by atoms with Gasteiger partial charge >= 0.3 is 0 Å². The van der Waals surface area contributed by atoms with E-state index in [1.54, 1.807) is 4.90 Å². The second kappa shape index (κ2) is 7.56. The number of rotatable bonds is 4. The van der Waals surface area contributed by atoms with Crippen molar-refractivity contribution in [3.63, 3.8) is 0 Å². The van der Waals surface area contributed by atoms with E-state index < -0.39 is 0 Å². The number of piperidine rings is 1. The minimum absolute atomic E-state index is 0.00955. The van der Waals surface area contributed by atoms with Gasteiger partial charge in [-0.15, -0.1) is 0 Å². The standard InChI is InChI=1S/C20H24N4O2/c1-4-19(25)23-11-9-16(10-12-23)20(26)21-17-7-5-6-8-18(17)24-15(3)13-14(2)22-24/h4-8,13,16H,1,9-12H2,2-3H3,(H,21,26). The molecule has 26 heavy (non-hydrogen) atoms. The van der Waals surface area contributed by atoms with Crippen molar-refractivity contribution < 1.29 is 9.59 Å². The van der Waals surface area contributed by atoms with Crippen LogP contribution in [0.2, 0.25) is 0 Å². The van der Waals surface area contributed by atoms with E-state index in [0.29, 0.717) is 25.9 Å². The number of para-hydroxylation sites is 2. The zero-order valence-corrected chi connectivity index (χ0v) is 15.2. The lowest BCUT2D eigenvalue weighted by Gasteiger charge is -2.30. The smallest absolute Gasteiger partial charge is 0.245 e. The van der Waals surface area contributed by atoms with E-state index in [2.05, 4.69) is 17.0 Å². The Labute approximate surface area is 153 Å². The molecule has 136 valence electrons. The van der Waals surface area contributed by atoms with Gasteiger partial charge in [-0.3, -0.25) is 9.59 Å². The molecule has 1 aliphatic rings. The number of hydrogen-bond donors (Lipinski definition) is 1. The predicted molar refractivity (Wildman–Crippen MR) is 101 cm³/mol. The Kier molecular flexibility index (Phi) is 5.21. The number of nitrogens with one attached hydrogen (secondary N) is 1.